The minimum absolute atomic E-state index is 0.00158. The van der Waals surface area contributed by atoms with Crippen LogP contribution in [0.1, 0.15) is 0 Å². The number of ether oxygens (including phenoxy) is 2. The quantitative estimate of drug-likeness (QED) is 0.611. The molecule has 3 aromatic rings. The van der Waals surface area contributed by atoms with E-state index < -0.39 is 30.0 Å². The molecule has 1 amide bonds. The van der Waals surface area contributed by atoms with Crippen molar-refractivity contribution in [2.75, 3.05) is 18.1 Å². The van der Waals surface area contributed by atoms with Crippen LogP contribution in [-0.4, -0.2) is 36.6 Å². The van der Waals surface area contributed by atoms with Gasteiger partial charge >= 0.3 is 6.09 Å². The van der Waals surface area contributed by atoms with E-state index in [1.165, 1.54) is 53.4 Å². The molecule has 0 spiro atoms. The van der Waals surface area contributed by atoms with Crippen LogP contribution < -0.4 is 9.64 Å². The van der Waals surface area contributed by atoms with Gasteiger partial charge in [0.1, 0.15) is 29.7 Å². The van der Waals surface area contributed by atoms with Gasteiger partial charge in [-0.15, -0.1) is 0 Å². The normalized spacial score (nSPS) is 16.2. The Labute approximate surface area is 177 Å². The molecule has 5 nitrogen and oxygen atoms in total. The van der Waals surface area contributed by atoms with Gasteiger partial charge in [-0.1, -0.05) is 18.2 Å². The summed E-state index contributed by atoms with van der Waals surface area (Å²) in [6.45, 7) is -0.334. The van der Waals surface area contributed by atoms with E-state index in [1.54, 1.807) is 24.3 Å². The van der Waals surface area contributed by atoms with Crippen LogP contribution in [0.3, 0.4) is 0 Å². The SMILES string of the molecule is O=C1OC(C(F)COc2ccc(F)cc2)CN1c1ccc(F)cc1.Oc1ccccc1. The number of phenols is 1. The largest absolute Gasteiger partial charge is 0.508 e. The highest BCUT2D eigenvalue weighted by Crippen LogP contribution is 2.24. The number of cyclic esters (lactones) is 1. The average Bonchev–Trinajstić information content (AvgIpc) is 3.16. The van der Waals surface area contributed by atoms with E-state index in [4.69, 9.17) is 14.6 Å². The number of amides is 1. The van der Waals surface area contributed by atoms with Crippen LogP contribution in [0.15, 0.2) is 78.9 Å². The van der Waals surface area contributed by atoms with Crippen LogP contribution in [0.2, 0.25) is 0 Å². The minimum Gasteiger partial charge on any atom is -0.508 e. The van der Waals surface area contributed by atoms with Crippen molar-refractivity contribution in [2.24, 2.45) is 0 Å². The highest BCUT2D eigenvalue weighted by molar-refractivity contribution is 5.89. The smallest absolute Gasteiger partial charge is 0.414 e. The lowest BCUT2D eigenvalue weighted by Gasteiger charge is -2.15. The number of rotatable bonds is 5. The fourth-order valence-corrected chi connectivity index (χ4v) is 2.75. The Hall–Kier alpha value is -3.68. The van der Waals surface area contributed by atoms with E-state index in [9.17, 15) is 18.0 Å². The monoisotopic (exact) mass is 431 g/mol. The molecule has 1 fully saturated rings. The number of aromatic hydroxyl groups is 1. The summed E-state index contributed by atoms with van der Waals surface area (Å²) in [4.78, 5) is 13.1. The summed E-state index contributed by atoms with van der Waals surface area (Å²) in [5.41, 5.74) is 0.426. The number of para-hydroxylation sites is 1. The number of carbonyl (C=O) groups is 1. The molecule has 1 heterocycles. The van der Waals surface area contributed by atoms with E-state index in [2.05, 4.69) is 0 Å². The molecule has 162 valence electrons. The maximum atomic E-state index is 14.2. The molecular formula is C23H20F3NO4. The maximum absolute atomic E-state index is 14.2. The third kappa shape index (κ3) is 6.40. The van der Waals surface area contributed by atoms with Gasteiger partial charge in [0.15, 0.2) is 12.3 Å². The Bertz CT molecular complexity index is 968. The van der Waals surface area contributed by atoms with Crippen LogP contribution in [0.4, 0.5) is 23.7 Å². The van der Waals surface area contributed by atoms with Crippen LogP contribution in [0.25, 0.3) is 0 Å². The summed E-state index contributed by atoms with van der Waals surface area (Å²) in [6, 6.07) is 19.1. The first-order chi connectivity index (χ1) is 14.9. The minimum atomic E-state index is -1.55. The van der Waals surface area contributed by atoms with Crippen LogP contribution in [0.5, 0.6) is 11.5 Å². The maximum Gasteiger partial charge on any atom is 0.414 e. The second kappa shape index (κ2) is 10.4. The molecule has 3 aromatic carbocycles. The van der Waals surface area contributed by atoms with Crippen molar-refractivity contribution < 1.29 is 32.5 Å². The van der Waals surface area contributed by atoms with E-state index in [-0.39, 0.29) is 13.2 Å². The van der Waals surface area contributed by atoms with Gasteiger partial charge in [-0.3, -0.25) is 4.90 Å². The van der Waals surface area contributed by atoms with Crippen LogP contribution >= 0.6 is 0 Å². The molecular weight excluding hydrogens is 411 g/mol. The van der Waals surface area contributed by atoms with Gasteiger partial charge in [-0.05, 0) is 60.7 Å². The first-order valence-electron chi connectivity index (χ1n) is 9.42. The van der Waals surface area contributed by atoms with Gasteiger partial charge in [0.05, 0.1) is 6.54 Å². The van der Waals surface area contributed by atoms with Crippen molar-refractivity contribution in [3.63, 3.8) is 0 Å². The fraction of sp³-hybridized carbons (Fsp3) is 0.174. The molecule has 0 aromatic heterocycles. The van der Waals surface area contributed by atoms with E-state index in [0.29, 0.717) is 17.2 Å². The molecule has 1 N–H and O–H groups in total. The highest BCUT2D eigenvalue weighted by Gasteiger charge is 2.38. The number of benzene rings is 3. The Kier molecular flexibility index (Phi) is 7.37. The Balaban J connectivity index is 0.000000330. The summed E-state index contributed by atoms with van der Waals surface area (Å²) < 4.78 is 50.2. The van der Waals surface area contributed by atoms with Crippen LogP contribution in [0, 0.1) is 11.6 Å². The molecule has 2 unspecified atom stereocenters. The average molecular weight is 431 g/mol. The Morgan fingerprint density at radius 2 is 1.55 bits per heavy atom. The number of anilines is 1. The first kappa shape index (κ1) is 22.0. The predicted octanol–water partition coefficient (Wildman–Crippen LogP) is 5.10. The third-order valence-corrected chi connectivity index (χ3v) is 4.36. The number of alkyl halides is 1. The third-order valence-electron chi connectivity index (χ3n) is 4.36. The lowest BCUT2D eigenvalue weighted by atomic mass is 10.2. The standard InChI is InChI=1S/C17H14F3NO3.C6H6O/c18-11-1-5-13(6-2-11)21-9-16(24-17(21)22)15(20)10-23-14-7-3-12(19)4-8-14;7-6-4-2-1-3-5-6/h1-8,15-16H,9-10H2;1-5,7H. The first-order valence-corrected chi connectivity index (χ1v) is 9.42. The van der Waals surface area contributed by atoms with Crippen molar-refractivity contribution in [1.82, 2.24) is 0 Å². The lowest BCUT2D eigenvalue weighted by Crippen LogP contribution is -2.32. The van der Waals surface area contributed by atoms with Gasteiger partial charge in [0.2, 0.25) is 0 Å². The molecule has 1 aliphatic rings. The predicted molar refractivity (Wildman–Crippen MR) is 109 cm³/mol. The zero-order valence-corrected chi connectivity index (χ0v) is 16.3. The highest BCUT2D eigenvalue weighted by atomic mass is 19.1. The van der Waals surface area contributed by atoms with E-state index in [1.807, 2.05) is 6.07 Å². The van der Waals surface area contributed by atoms with Gasteiger partial charge in [0, 0.05) is 5.69 Å². The van der Waals surface area contributed by atoms with Crippen molar-refractivity contribution in [3.8, 4) is 11.5 Å². The van der Waals surface area contributed by atoms with Crippen molar-refractivity contribution in [3.05, 3.63) is 90.5 Å². The molecule has 0 radical (unpaired) electrons. The van der Waals surface area contributed by atoms with Gasteiger partial charge in [-0.2, -0.15) is 0 Å². The summed E-state index contributed by atoms with van der Waals surface area (Å²) in [5.74, 6) is -0.209. The van der Waals surface area contributed by atoms with E-state index in [0.717, 1.165) is 0 Å². The molecule has 0 bridgehead atoms. The van der Waals surface area contributed by atoms with Gasteiger partial charge in [0.25, 0.3) is 0 Å². The second-order valence-corrected chi connectivity index (χ2v) is 6.63. The summed E-state index contributed by atoms with van der Waals surface area (Å²) in [6.07, 6.45) is -3.25. The molecule has 31 heavy (non-hydrogen) atoms. The van der Waals surface area contributed by atoms with Crippen LogP contribution in [-0.2, 0) is 4.74 Å². The molecule has 1 saturated heterocycles. The zero-order valence-electron chi connectivity index (χ0n) is 16.3. The number of hydrogen-bond donors (Lipinski definition) is 1. The number of hydrogen-bond acceptors (Lipinski definition) is 4. The van der Waals surface area contributed by atoms with Crippen molar-refractivity contribution >= 4 is 11.8 Å². The fourth-order valence-electron chi connectivity index (χ4n) is 2.75. The Morgan fingerprint density at radius 1 is 0.968 bits per heavy atom. The molecule has 1 aliphatic heterocycles. The molecule has 2 atom stereocenters. The number of halogens is 3. The van der Waals surface area contributed by atoms with E-state index >= 15 is 0 Å². The lowest BCUT2D eigenvalue weighted by molar-refractivity contribution is 0.0572. The van der Waals surface area contributed by atoms with Gasteiger partial charge in [-0.25, -0.2) is 18.0 Å². The number of phenolic OH excluding ortho intramolecular Hbond substituents is 1. The zero-order chi connectivity index (χ0) is 22.2. The van der Waals surface area contributed by atoms with Crippen molar-refractivity contribution in [1.29, 1.82) is 0 Å². The summed E-state index contributed by atoms with van der Waals surface area (Å²) in [5, 5.41) is 8.63. The Morgan fingerprint density at radius 3 is 2.10 bits per heavy atom. The molecule has 0 aliphatic carbocycles. The second-order valence-electron chi connectivity index (χ2n) is 6.63. The number of nitrogens with zero attached hydrogens (tertiary/aromatic N) is 1. The summed E-state index contributed by atoms with van der Waals surface area (Å²) >= 11 is 0. The topological polar surface area (TPSA) is 59.0 Å². The van der Waals surface area contributed by atoms with Crippen molar-refractivity contribution in [2.45, 2.75) is 12.3 Å². The molecule has 0 saturated carbocycles. The number of carbonyl (C=O) groups excluding carboxylic acids is 1. The van der Waals surface area contributed by atoms with Gasteiger partial charge < -0.3 is 14.6 Å². The molecule has 8 heteroatoms. The summed E-state index contributed by atoms with van der Waals surface area (Å²) in [7, 11) is 0. The molecule has 4 rings (SSSR count).